The van der Waals surface area contributed by atoms with Gasteiger partial charge in [-0.3, -0.25) is 14.5 Å². The van der Waals surface area contributed by atoms with Crippen molar-refractivity contribution in [2.45, 2.75) is 44.4 Å². The smallest absolute Gasteiger partial charge is 0.260 e. The van der Waals surface area contributed by atoms with Crippen LogP contribution in [-0.2, 0) is 0 Å². The van der Waals surface area contributed by atoms with Crippen LogP contribution >= 0.6 is 0 Å². The van der Waals surface area contributed by atoms with Crippen LogP contribution in [0, 0.1) is 0 Å². The Kier molecular flexibility index (Phi) is 7.54. The quantitative estimate of drug-likeness (QED) is 0.409. The lowest BCUT2D eigenvalue weighted by atomic mass is 10.1. The van der Waals surface area contributed by atoms with Gasteiger partial charge in [0.1, 0.15) is 0 Å². The summed E-state index contributed by atoms with van der Waals surface area (Å²) in [5, 5.41) is 0.393. The van der Waals surface area contributed by atoms with Crippen LogP contribution in [0.4, 0.5) is 0 Å². The van der Waals surface area contributed by atoms with Crippen LogP contribution in [0.3, 0.4) is 0 Å². The van der Waals surface area contributed by atoms with E-state index in [0.29, 0.717) is 27.8 Å². The Morgan fingerprint density at radius 3 is 1.87 bits per heavy atom. The van der Waals surface area contributed by atoms with E-state index in [1.54, 1.807) is 25.3 Å². The third-order valence-electron chi connectivity index (χ3n) is 5.47. The lowest BCUT2D eigenvalue weighted by molar-refractivity contribution is 0.0655. The molecule has 0 N–H and O–H groups in total. The third kappa shape index (κ3) is 5.46. The third-order valence-corrected chi connectivity index (χ3v) is 14.8. The minimum atomic E-state index is -1.61. The van der Waals surface area contributed by atoms with E-state index in [0.717, 1.165) is 5.56 Å². The zero-order valence-corrected chi connectivity index (χ0v) is 22.2. The molecule has 0 fully saturated rings. The molecule has 2 amide bonds. The molecule has 0 heterocycles. The summed E-state index contributed by atoms with van der Waals surface area (Å²) in [6.45, 7) is 14.1. The van der Waals surface area contributed by atoms with Crippen molar-refractivity contribution < 1.29 is 19.1 Å². The number of nitrogens with zero attached hydrogens (tertiary/aromatic N) is 1. The van der Waals surface area contributed by atoms with Gasteiger partial charge >= 0.3 is 0 Å². The summed E-state index contributed by atoms with van der Waals surface area (Å²) in [7, 11) is 1.37. The number of benzene rings is 2. The zero-order chi connectivity index (χ0) is 23.6. The molecule has 0 saturated carbocycles. The van der Waals surface area contributed by atoms with Crippen LogP contribution in [0.2, 0.25) is 39.3 Å². The maximum absolute atomic E-state index is 13.5. The van der Waals surface area contributed by atoms with Crippen LogP contribution in [0.15, 0.2) is 42.5 Å². The Morgan fingerprint density at radius 1 is 0.806 bits per heavy atom. The van der Waals surface area contributed by atoms with Crippen LogP contribution in [0.1, 0.15) is 31.4 Å². The first kappa shape index (κ1) is 24.9. The predicted octanol–water partition coefficient (Wildman–Crippen LogP) is 5.45. The molecule has 7 heteroatoms. The van der Waals surface area contributed by atoms with Crippen LogP contribution in [0.25, 0.3) is 0 Å². The number of imide groups is 1. The molecule has 2 rings (SSSR count). The highest BCUT2D eigenvalue weighted by Gasteiger charge is 2.40. The number of rotatable bonds is 7. The fraction of sp³-hybridized carbons (Fsp3) is 0.417. The van der Waals surface area contributed by atoms with Gasteiger partial charge in [0.15, 0.2) is 11.5 Å². The molecule has 0 unspecified atom stereocenters. The van der Waals surface area contributed by atoms with E-state index >= 15 is 0 Å². The molecule has 0 radical (unpaired) electrons. The SMILES string of the molecule is COc1ccc(C(=O)N(C)C(=O)c2ccccc2C([Si](C)(C)C)[Si](C)(C)C)cc1OC. The van der Waals surface area contributed by atoms with E-state index in [1.807, 2.05) is 18.2 Å². The predicted molar refractivity (Wildman–Crippen MR) is 132 cm³/mol. The number of hydrogen-bond acceptors (Lipinski definition) is 4. The summed E-state index contributed by atoms with van der Waals surface area (Å²) in [5.41, 5.74) is 2.07. The Hall–Kier alpha value is -2.39. The normalized spacial score (nSPS) is 11.9. The van der Waals surface area contributed by atoms with Crippen molar-refractivity contribution in [3.8, 4) is 11.5 Å². The summed E-state index contributed by atoms with van der Waals surface area (Å²) in [5.74, 6) is 0.328. The highest BCUT2D eigenvalue weighted by atomic mass is 28.4. The van der Waals surface area contributed by atoms with Crippen molar-refractivity contribution in [1.82, 2.24) is 4.90 Å². The minimum absolute atomic E-state index is 0.281. The molecule has 0 bridgehead atoms. The maximum Gasteiger partial charge on any atom is 0.260 e. The first-order chi connectivity index (χ1) is 14.3. The van der Waals surface area contributed by atoms with E-state index in [2.05, 4.69) is 45.3 Å². The molecule has 2 aromatic carbocycles. The number of hydrogen-bond donors (Lipinski definition) is 0. The fourth-order valence-corrected chi connectivity index (χ4v) is 17.4. The number of ether oxygens (including phenoxy) is 2. The summed E-state index contributed by atoms with van der Waals surface area (Å²) in [6.07, 6.45) is 0. The topological polar surface area (TPSA) is 55.8 Å². The van der Waals surface area contributed by atoms with Gasteiger partial charge < -0.3 is 9.47 Å². The Labute approximate surface area is 188 Å². The second-order valence-electron chi connectivity index (χ2n) is 9.99. The van der Waals surface area contributed by atoms with Gasteiger partial charge in [-0.25, -0.2) is 0 Å². The maximum atomic E-state index is 13.5. The average Bonchev–Trinajstić information content (AvgIpc) is 2.69. The molecule has 0 aliphatic carbocycles. The Balaban J connectivity index is 2.47. The molecule has 0 spiro atoms. The van der Waals surface area contributed by atoms with E-state index < -0.39 is 16.1 Å². The molecule has 0 aromatic heterocycles. The average molecular weight is 458 g/mol. The summed E-state index contributed by atoms with van der Waals surface area (Å²) < 4.78 is 10.6. The fourth-order valence-electron chi connectivity index (χ4n) is 4.61. The van der Waals surface area contributed by atoms with Gasteiger partial charge in [0.25, 0.3) is 11.8 Å². The van der Waals surface area contributed by atoms with Gasteiger partial charge in [-0.15, -0.1) is 0 Å². The molecule has 31 heavy (non-hydrogen) atoms. The van der Waals surface area contributed by atoms with Crippen molar-refractivity contribution in [3.05, 3.63) is 59.2 Å². The van der Waals surface area contributed by atoms with Crippen molar-refractivity contribution in [3.63, 3.8) is 0 Å². The molecule has 2 aromatic rings. The van der Waals surface area contributed by atoms with Crippen molar-refractivity contribution in [1.29, 1.82) is 0 Å². The molecule has 0 aliphatic rings. The largest absolute Gasteiger partial charge is 0.493 e. The van der Waals surface area contributed by atoms with E-state index in [9.17, 15) is 9.59 Å². The second kappa shape index (κ2) is 9.40. The standard InChI is InChI=1S/C24H35NO4Si2/c1-25(22(26)17-14-15-20(28-2)21(16-17)29-3)23(27)18-12-10-11-13-19(18)24(30(4,5)6)31(7,8)9/h10-16,24H,1-9H3. The highest BCUT2D eigenvalue weighted by Crippen LogP contribution is 2.37. The van der Waals surface area contributed by atoms with E-state index in [-0.39, 0.29) is 11.8 Å². The Bertz CT molecular complexity index is 947. The lowest BCUT2D eigenvalue weighted by Gasteiger charge is -2.40. The monoisotopic (exact) mass is 457 g/mol. The van der Waals surface area contributed by atoms with Gasteiger partial charge in [-0.2, -0.15) is 0 Å². The Morgan fingerprint density at radius 2 is 1.35 bits per heavy atom. The van der Waals surface area contributed by atoms with Crippen molar-refractivity contribution >= 4 is 28.0 Å². The summed E-state index contributed by atoms with van der Waals surface area (Å²) in [6, 6.07) is 12.7. The first-order valence-electron chi connectivity index (χ1n) is 10.5. The number of carbonyl (C=O) groups excluding carboxylic acids is 2. The molecule has 5 nitrogen and oxygen atoms in total. The number of amides is 2. The minimum Gasteiger partial charge on any atom is -0.493 e. The van der Waals surface area contributed by atoms with Gasteiger partial charge in [-0.1, -0.05) is 57.5 Å². The van der Waals surface area contributed by atoms with Gasteiger partial charge in [0.05, 0.1) is 14.2 Å². The second-order valence-corrected chi connectivity index (χ2v) is 21.2. The number of carbonyl (C=O) groups is 2. The zero-order valence-electron chi connectivity index (χ0n) is 20.2. The summed E-state index contributed by atoms with van der Waals surface area (Å²) >= 11 is 0. The first-order valence-corrected chi connectivity index (χ1v) is 17.6. The van der Waals surface area contributed by atoms with Crippen molar-refractivity contribution in [2.24, 2.45) is 0 Å². The van der Waals surface area contributed by atoms with Crippen LogP contribution < -0.4 is 9.47 Å². The molecule has 0 aliphatic heterocycles. The molecular formula is C24H35NO4Si2. The highest BCUT2D eigenvalue weighted by molar-refractivity contribution is 6.96. The van der Waals surface area contributed by atoms with Crippen LogP contribution in [0.5, 0.6) is 11.5 Å². The van der Waals surface area contributed by atoms with Crippen LogP contribution in [-0.4, -0.2) is 54.1 Å². The molecule has 0 atom stereocenters. The lowest BCUT2D eigenvalue weighted by Crippen LogP contribution is -2.47. The van der Waals surface area contributed by atoms with Gasteiger partial charge in [-0.05, 0) is 35.0 Å². The molecule has 0 saturated heterocycles. The van der Waals surface area contributed by atoms with Crippen molar-refractivity contribution in [2.75, 3.05) is 21.3 Å². The number of methoxy groups -OCH3 is 2. The van der Waals surface area contributed by atoms with E-state index in [1.165, 1.54) is 19.1 Å². The van der Waals surface area contributed by atoms with E-state index in [4.69, 9.17) is 9.47 Å². The molecular weight excluding hydrogens is 422 g/mol. The van der Waals surface area contributed by atoms with Gasteiger partial charge in [0, 0.05) is 34.3 Å². The van der Waals surface area contributed by atoms with Gasteiger partial charge in [0.2, 0.25) is 0 Å². The summed E-state index contributed by atoms with van der Waals surface area (Å²) in [4.78, 5) is 27.8. The molecule has 168 valence electrons.